The zero-order chi connectivity index (χ0) is 12.4. The molecule has 2 aromatic rings. The molecule has 0 atom stereocenters. The quantitative estimate of drug-likeness (QED) is 0.883. The molecule has 0 bridgehead atoms. The molecule has 90 valence electrons. The minimum atomic E-state index is 0.409. The number of rotatable bonds is 3. The van der Waals surface area contributed by atoms with E-state index in [1.54, 1.807) is 13.4 Å². The van der Waals surface area contributed by atoms with Crippen molar-refractivity contribution in [2.45, 2.75) is 20.4 Å². The lowest BCUT2D eigenvalue weighted by atomic mass is 10.00. The monoisotopic (exact) mass is 231 g/mol. The molecule has 0 unspecified atom stereocenters. The largest absolute Gasteiger partial charge is 0.496 e. The van der Waals surface area contributed by atoms with E-state index in [4.69, 9.17) is 14.9 Å². The highest BCUT2D eigenvalue weighted by Gasteiger charge is 2.11. The zero-order valence-electron chi connectivity index (χ0n) is 10.4. The van der Waals surface area contributed by atoms with Gasteiger partial charge < -0.3 is 14.9 Å². The van der Waals surface area contributed by atoms with Crippen LogP contribution in [0.25, 0.3) is 11.1 Å². The first-order valence-corrected chi connectivity index (χ1v) is 5.59. The Morgan fingerprint density at radius 3 is 2.41 bits per heavy atom. The smallest absolute Gasteiger partial charge is 0.125 e. The molecule has 3 heteroatoms. The summed E-state index contributed by atoms with van der Waals surface area (Å²) >= 11 is 0. The molecule has 2 rings (SSSR count). The van der Waals surface area contributed by atoms with E-state index in [-0.39, 0.29) is 0 Å². The van der Waals surface area contributed by atoms with Gasteiger partial charge in [0.25, 0.3) is 0 Å². The summed E-state index contributed by atoms with van der Waals surface area (Å²) in [4.78, 5) is 0. The van der Waals surface area contributed by atoms with Crippen molar-refractivity contribution in [1.82, 2.24) is 0 Å². The van der Waals surface area contributed by atoms with Crippen LogP contribution in [0.1, 0.15) is 16.9 Å². The normalized spacial score (nSPS) is 10.6. The molecule has 0 amide bonds. The summed E-state index contributed by atoms with van der Waals surface area (Å²) in [5.74, 6) is 1.75. The lowest BCUT2D eigenvalue weighted by molar-refractivity contribution is 0.408. The molecule has 0 saturated carbocycles. The molecule has 2 N–H and O–H groups in total. The third-order valence-corrected chi connectivity index (χ3v) is 2.91. The van der Waals surface area contributed by atoms with Gasteiger partial charge in [-0.3, -0.25) is 0 Å². The molecule has 0 spiro atoms. The molecule has 0 fully saturated rings. The Labute approximate surface area is 101 Å². The van der Waals surface area contributed by atoms with Gasteiger partial charge in [-0.05, 0) is 48.7 Å². The second kappa shape index (κ2) is 4.63. The van der Waals surface area contributed by atoms with Crippen LogP contribution in [0.4, 0.5) is 0 Å². The number of hydrogen-bond donors (Lipinski definition) is 1. The van der Waals surface area contributed by atoms with Gasteiger partial charge in [0.15, 0.2) is 0 Å². The van der Waals surface area contributed by atoms with Crippen molar-refractivity contribution < 1.29 is 9.15 Å². The Morgan fingerprint density at radius 1 is 1.24 bits per heavy atom. The van der Waals surface area contributed by atoms with E-state index in [2.05, 4.69) is 12.1 Å². The summed E-state index contributed by atoms with van der Waals surface area (Å²) < 4.78 is 10.7. The van der Waals surface area contributed by atoms with Gasteiger partial charge >= 0.3 is 0 Å². The van der Waals surface area contributed by atoms with Crippen molar-refractivity contribution in [2.75, 3.05) is 7.11 Å². The van der Waals surface area contributed by atoms with E-state index in [0.29, 0.717) is 6.54 Å². The number of ether oxygens (including phenoxy) is 1. The molecule has 17 heavy (non-hydrogen) atoms. The van der Waals surface area contributed by atoms with Gasteiger partial charge in [-0.15, -0.1) is 0 Å². The number of methoxy groups -OCH3 is 1. The maximum Gasteiger partial charge on any atom is 0.125 e. The Kier molecular flexibility index (Phi) is 3.20. The van der Waals surface area contributed by atoms with Crippen LogP contribution in [-0.4, -0.2) is 7.11 Å². The molecule has 1 aromatic heterocycles. The van der Waals surface area contributed by atoms with E-state index in [0.717, 1.165) is 33.8 Å². The number of furan rings is 1. The highest BCUT2D eigenvalue weighted by molar-refractivity contribution is 5.69. The van der Waals surface area contributed by atoms with Crippen LogP contribution in [0.15, 0.2) is 28.9 Å². The SMILES string of the molecule is COc1c(C)cc(-c2ccoc2CN)cc1C. The van der Waals surface area contributed by atoms with Gasteiger partial charge in [-0.25, -0.2) is 0 Å². The number of aryl methyl sites for hydroxylation is 2. The van der Waals surface area contributed by atoms with Crippen LogP contribution in [0.5, 0.6) is 5.75 Å². The zero-order valence-corrected chi connectivity index (χ0v) is 10.4. The Hall–Kier alpha value is -1.74. The molecule has 1 aromatic carbocycles. The summed E-state index contributed by atoms with van der Waals surface area (Å²) in [6.45, 7) is 4.49. The van der Waals surface area contributed by atoms with Gasteiger partial charge in [-0.2, -0.15) is 0 Å². The molecule has 0 aliphatic heterocycles. The molecular formula is C14H17NO2. The van der Waals surface area contributed by atoms with E-state index < -0.39 is 0 Å². The molecule has 0 aliphatic carbocycles. The van der Waals surface area contributed by atoms with Gasteiger partial charge in [-0.1, -0.05) is 0 Å². The topological polar surface area (TPSA) is 48.4 Å². The Balaban J connectivity index is 2.54. The van der Waals surface area contributed by atoms with Crippen LogP contribution >= 0.6 is 0 Å². The summed E-state index contributed by atoms with van der Waals surface area (Å²) in [6, 6.07) is 6.13. The maximum absolute atomic E-state index is 5.65. The Bertz CT molecular complexity index is 506. The van der Waals surface area contributed by atoms with Crippen molar-refractivity contribution in [3.63, 3.8) is 0 Å². The minimum Gasteiger partial charge on any atom is -0.496 e. The minimum absolute atomic E-state index is 0.409. The fraction of sp³-hybridized carbons (Fsp3) is 0.286. The second-order valence-electron chi connectivity index (χ2n) is 4.10. The molecule has 1 heterocycles. The average Bonchev–Trinajstić information content (AvgIpc) is 2.76. The summed E-state index contributed by atoms with van der Waals surface area (Å²) in [5, 5.41) is 0. The number of benzene rings is 1. The molecule has 0 aliphatic rings. The van der Waals surface area contributed by atoms with Crippen LogP contribution < -0.4 is 10.5 Å². The average molecular weight is 231 g/mol. The van der Waals surface area contributed by atoms with Crippen LogP contribution in [0, 0.1) is 13.8 Å². The number of hydrogen-bond acceptors (Lipinski definition) is 3. The van der Waals surface area contributed by atoms with Crippen molar-refractivity contribution in [3.8, 4) is 16.9 Å². The van der Waals surface area contributed by atoms with Crippen molar-refractivity contribution in [3.05, 3.63) is 41.3 Å². The maximum atomic E-state index is 5.65. The van der Waals surface area contributed by atoms with E-state index in [1.165, 1.54) is 0 Å². The first-order valence-electron chi connectivity index (χ1n) is 5.59. The first kappa shape index (κ1) is 11.7. The van der Waals surface area contributed by atoms with E-state index in [1.807, 2.05) is 19.9 Å². The van der Waals surface area contributed by atoms with Gasteiger partial charge in [0, 0.05) is 5.56 Å². The molecular weight excluding hydrogens is 214 g/mol. The summed E-state index contributed by atoms with van der Waals surface area (Å²) in [7, 11) is 1.69. The lowest BCUT2D eigenvalue weighted by Gasteiger charge is -2.11. The van der Waals surface area contributed by atoms with Crippen molar-refractivity contribution >= 4 is 0 Å². The van der Waals surface area contributed by atoms with Crippen LogP contribution in [-0.2, 0) is 6.54 Å². The fourth-order valence-corrected chi connectivity index (χ4v) is 2.18. The van der Waals surface area contributed by atoms with Crippen LogP contribution in [0.2, 0.25) is 0 Å². The fourth-order valence-electron chi connectivity index (χ4n) is 2.18. The second-order valence-corrected chi connectivity index (χ2v) is 4.10. The molecule has 0 saturated heterocycles. The third-order valence-electron chi connectivity index (χ3n) is 2.91. The predicted octanol–water partition coefficient (Wildman–Crippen LogP) is 3.03. The van der Waals surface area contributed by atoms with Gasteiger partial charge in [0.2, 0.25) is 0 Å². The first-order chi connectivity index (χ1) is 8.17. The number of nitrogens with two attached hydrogens (primary N) is 1. The van der Waals surface area contributed by atoms with Crippen molar-refractivity contribution in [1.29, 1.82) is 0 Å². The lowest BCUT2D eigenvalue weighted by Crippen LogP contribution is -1.97. The molecule has 3 nitrogen and oxygen atoms in total. The standard InChI is InChI=1S/C14H17NO2/c1-9-6-11(7-10(2)14(9)16-3)12-4-5-17-13(12)8-15/h4-7H,8,15H2,1-3H3. The molecule has 0 radical (unpaired) electrons. The van der Waals surface area contributed by atoms with Crippen LogP contribution in [0.3, 0.4) is 0 Å². The summed E-state index contributed by atoms with van der Waals surface area (Å²) in [6.07, 6.45) is 1.67. The van der Waals surface area contributed by atoms with E-state index >= 15 is 0 Å². The van der Waals surface area contributed by atoms with Gasteiger partial charge in [0.1, 0.15) is 11.5 Å². The Morgan fingerprint density at radius 2 is 1.88 bits per heavy atom. The third kappa shape index (κ3) is 2.06. The van der Waals surface area contributed by atoms with Crippen molar-refractivity contribution in [2.24, 2.45) is 5.73 Å². The highest BCUT2D eigenvalue weighted by atomic mass is 16.5. The highest BCUT2D eigenvalue weighted by Crippen LogP contribution is 2.31. The predicted molar refractivity (Wildman–Crippen MR) is 68.1 cm³/mol. The summed E-state index contributed by atoms with van der Waals surface area (Å²) in [5.41, 5.74) is 10.1. The van der Waals surface area contributed by atoms with E-state index in [9.17, 15) is 0 Å². The van der Waals surface area contributed by atoms with Gasteiger partial charge in [0.05, 0.1) is 19.9 Å².